The highest BCUT2D eigenvalue weighted by Crippen LogP contribution is 2.18. The Balaban J connectivity index is 1.98. The maximum Gasteiger partial charge on any atom is 0.259 e. The Bertz CT molecular complexity index is 885. The Hall–Kier alpha value is -2.76. The second-order valence-electron chi connectivity index (χ2n) is 5.23. The van der Waals surface area contributed by atoms with Crippen molar-refractivity contribution >= 4 is 17.2 Å². The average molecular weight is 298 g/mol. The van der Waals surface area contributed by atoms with E-state index in [-0.39, 0.29) is 5.91 Å². The molecule has 5 nitrogen and oxygen atoms in total. The first kappa shape index (κ1) is 14.2. The number of nitrogens with zero attached hydrogens (tertiary/aromatic N) is 3. The smallest absolute Gasteiger partial charge is 0.259 e. The molecule has 22 heavy (non-hydrogen) atoms. The zero-order chi connectivity index (χ0) is 15.9. The number of benzene rings is 1. The number of aryl methyl sites for hydroxylation is 3. The second kappa shape index (κ2) is 5.22. The van der Waals surface area contributed by atoms with Crippen LogP contribution in [0.15, 0.2) is 30.5 Å². The molecule has 0 saturated heterocycles. The van der Waals surface area contributed by atoms with Crippen LogP contribution < -0.4 is 5.32 Å². The third kappa shape index (κ3) is 2.43. The molecule has 112 valence electrons. The number of amides is 1. The summed E-state index contributed by atoms with van der Waals surface area (Å²) in [6.45, 7) is 5.47. The van der Waals surface area contributed by atoms with E-state index in [9.17, 15) is 9.18 Å². The predicted octanol–water partition coefficient (Wildman–Crippen LogP) is 3.05. The molecule has 6 heteroatoms. The molecule has 0 radical (unpaired) electrons. The third-order valence-corrected chi connectivity index (χ3v) is 3.54. The monoisotopic (exact) mass is 298 g/mol. The maximum absolute atomic E-state index is 13.3. The molecular weight excluding hydrogens is 283 g/mol. The third-order valence-electron chi connectivity index (χ3n) is 3.54. The molecule has 0 aliphatic carbocycles. The predicted molar refractivity (Wildman–Crippen MR) is 81.6 cm³/mol. The van der Waals surface area contributed by atoms with Crippen LogP contribution in [0.4, 0.5) is 10.1 Å². The summed E-state index contributed by atoms with van der Waals surface area (Å²) in [5, 5.41) is 7.03. The highest BCUT2D eigenvalue weighted by molar-refractivity contribution is 6.05. The van der Waals surface area contributed by atoms with Gasteiger partial charge in [-0.15, -0.1) is 0 Å². The number of hydrogen-bond donors (Lipinski definition) is 1. The SMILES string of the molecule is Cc1cc2ncc(C(=O)Nc3cc(F)ccc3C)c(C)n2n1. The number of anilines is 1. The normalized spacial score (nSPS) is 10.9. The number of fused-ring (bicyclic) bond motifs is 1. The summed E-state index contributed by atoms with van der Waals surface area (Å²) in [6.07, 6.45) is 1.51. The van der Waals surface area contributed by atoms with Gasteiger partial charge < -0.3 is 5.32 Å². The number of halogens is 1. The zero-order valence-electron chi connectivity index (χ0n) is 12.5. The fraction of sp³-hybridized carbons (Fsp3) is 0.188. The van der Waals surface area contributed by atoms with Gasteiger partial charge in [0.05, 0.1) is 17.0 Å². The van der Waals surface area contributed by atoms with Gasteiger partial charge in [-0.25, -0.2) is 13.9 Å². The fourth-order valence-corrected chi connectivity index (χ4v) is 2.30. The van der Waals surface area contributed by atoms with Crippen molar-refractivity contribution in [3.8, 4) is 0 Å². The maximum atomic E-state index is 13.3. The number of hydrogen-bond acceptors (Lipinski definition) is 3. The Kier molecular flexibility index (Phi) is 3.36. The van der Waals surface area contributed by atoms with Crippen molar-refractivity contribution in [3.63, 3.8) is 0 Å². The summed E-state index contributed by atoms with van der Waals surface area (Å²) >= 11 is 0. The van der Waals surface area contributed by atoms with E-state index >= 15 is 0 Å². The van der Waals surface area contributed by atoms with Crippen molar-refractivity contribution in [3.05, 3.63) is 58.8 Å². The minimum atomic E-state index is -0.395. The van der Waals surface area contributed by atoms with E-state index in [1.165, 1.54) is 18.3 Å². The van der Waals surface area contributed by atoms with Crippen LogP contribution in [0.25, 0.3) is 5.65 Å². The zero-order valence-corrected chi connectivity index (χ0v) is 12.5. The lowest BCUT2D eigenvalue weighted by atomic mass is 10.1. The number of rotatable bonds is 2. The summed E-state index contributed by atoms with van der Waals surface area (Å²) in [5.74, 6) is -0.734. The molecule has 0 spiro atoms. The lowest BCUT2D eigenvalue weighted by Crippen LogP contribution is -2.16. The van der Waals surface area contributed by atoms with Gasteiger partial charge in [-0.05, 0) is 38.5 Å². The number of nitrogens with one attached hydrogen (secondary N) is 1. The molecule has 0 aliphatic heterocycles. The summed E-state index contributed by atoms with van der Waals surface area (Å²) in [4.78, 5) is 16.7. The van der Waals surface area contributed by atoms with Crippen molar-refractivity contribution < 1.29 is 9.18 Å². The van der Waals surface area contributed by atoms with Gasteiger partial charge in [0.1, 0.15) is 5.82 Å². The van der Waals surface area contributed by atoms with Crippen LogP contribution in [0.2, 0.25) is 0 Å². The van der Waals surface area contributed by atoms with Crippen molar-refractivity contribution in [2.45, 2.75) is 20.8 Å². The highest BCUT2D eigenvalue weighted by Gasteiger charge is 2.15. The van der Waals surface area contributed by atoms with Gasteiger partial charge in [-0.3, -0.25) is 4.79 Å². The van der Waals surface area contributed by atoms with E-state index in [1.807, 2.05) is 13.0 Å². The minimum absolute atomic E-state index is 0.339. The van der Waals surface area contributed by atoms with Crippen LogP contribution in [0.1, 0.15) is 27.3 Å². The van der Waals surface area contributed by atoms with Gasteiger partial charge >= 0.3 is 0 Å². The van der Waals surface area contributed by atoms with E-state index in [0.29, 0.717) is 22.6 Å². The summed E-state index contributed by atoms with van der Waals surface area (Å²) in [5.41, 5.74) is 3.84. The molecule has 0 unspecified atom stereocenters. The van der Waals surface area contributed by atoms with Gasteiger partial charge in [0.2, 0.25) is 0 Å². The molecule has 0 saturated carbocycles. The molecule has 0 aliphatic rings. The molecule has 1 aromatic carbocycles. The van der Waals surface area contributed by atoms with Crippen LogP contribution in [-0.4, -0.2) is 20.5 Å². The van der Waals surface area contributed by atoms with Gasteiger partial charge in [0.15, 0.2) is 5.65 Å². The van der Waals surface area contributed by atoms with E-state index < -0.39 is 5.82 Å². The van der Waals surface area contributed by atoms with Gasteiger partial charge in [0.25, 0.3) is 5.91 Å². The fourth-order valence-electron chi connectivity index (χ4n) is 2.30. The molecule has 0 bridgehead atoms. The summed E-state index contributed by atoms with van der Waals surface area (Å²) in [6, 6.07) is 6.12. The van der Waals surface area contributed by atoms with Crippen LogP contribution in [0.3, 0.4) is 0 Å². The molecule has 0 fully saturated rings. The molecule has 1 amide bonds. The Morgan fingerprint density at radius 2 is 2.00 bits per heavy atom. The standard InChI is InChI=1S/C16H15FN4O/c1-9-4-5-12(17)7-14(9)19-16(22)13-8-18-15-6-10(2)20-21(15)11(13)3/h4-8H,1-3H3,(H,19,22). The van der Waals surface area contributed by atoms with E-state index in [1.54, 1.807) is 24.4 Å². The largest absolute Gasteiger partial charge is 0.322 e. The molecular formula is C16H15FN4O. The molecule has 1 N–H and O–H groups in total. The molecule has 2 heterocycles. The van der Waals surface area contributed by atoms with Crippen LogP contribution in [-0.2, 0) is 0 Å². The van der Waals surface area contributed by atoms with Gasteiger partial charge in [-0.2, -0.15) is 5.10 Å². The first-order valence-corrected chi connectivity index (χ1v) is 6.85. The van der Waals surface area contributed by atoms with E-state index in [2.05, 4.69) is 15.4 Å². The van der Waals surface area contributed by atoms with Crippen molar-refractivity contribution in [1.29, 1.82) is 0 Å². The van der Waals surface area contributed by atoms with Crippen LogP contribution in [0, 0.1) is 26.6 Å². The topological polar surface area (TPSA) is 59.3 Å². The number of carbonyl (C=O) groups is 1. The van der Waals surface area contributed by atoms with E-state index in [0.717, 1.165) is 11.3 Å². The van der Waals surface area contributed by atoms with Gasteiger partial charge in [-0.1, -0.05) is 6.07 Å². The van der Waals surface area contributed by atoms with Crippen molar-refractivity contribution in [2.75, 3.05) is 5.32 Å². The Morgan fingerprint density at radius 1 is 1.23 bits per heavy atom. The van der Waals surface area contributed by atoms with Crippen molar-refractivity contribution in [1.82, 2.24) is 14.6 Å². The minimum Gasteiger partial charge on any atom is -0.322 e. The first-order valence-electron chi connectivity index (χ1n) is 6.85. The molecule has 2 aromatic heterocycles. The average Bonchev–Trinajstić information content (AvgIpc) is 2.84. The summed E-state index contributed by atoms with van der Waals surface area (Å²) < 4.78 is 14.9. The lowest BCUT2D eigenvalue weighted by molar-refractivity contribution is 0.102. The quantitative estimate of drug-likeness (QED) is 0.791. The van der Waals surface area contributed by atoms with Crippen LogP contribution in [0.5, 0.6) is 0 Å². The molecule has 3 aromatic rings. The second-order valence-corrected chi connectivity index (χ2v) is 5.23. The van der Waals surface area contributed by atoms with E-state index in [4.69, 9.17) is 0 Å². The Labute approximate surface area is 126 Å². The van der Waals surface area contributed by atoms with Gasteiger partial charge in [0, 0.05) is 18.0 Å². The number of carbonyl (C=O) groups excluding carboxylic acids is 1. The first-order chi connectivity index (χ1) is 10.5. The van der Waals surface area contributed by atoms with Crippen LogP contribution >= 0.6 is 0 Å². The van der Waals surface area contributed by atoms with Crippen molar-refractivity contribution in [2.24, 2.45) is 0 Å². The molecule has 3 rings (SSSR count). The highest BCUT2D eigenvalue weighted by atomic mass is 19.1. The Morgan fingerprint density at radius 3 is 2.77 bits per heavy atom. The molecule has 0 atom stereocenters. The lowest BCUT2D eigenvalue weighted by Gasteiger charge is -2.10. The summed E-state index contributed by atoms with van der Waals surface area (Å²) in [7, 11) is 0. The number of aromatic nitrogens is 3.